The fraction of sp³-hybridized carbons (Fsp3) is 0.308. The minimum absolute atomic E-state index is 0.0399. The van der Waals surface area contributed by atoms with Crippen molar-refractivity contribution in [3.8, 4) is 17.0 Å². The molecule has 2 aliphatic heterocycles. The molecule has 0 aliphatic carbocycles. The van der Waals surface area contributed by atoms with E-state index in [1.54, 1.807) is 30.6 Å². The van der Waals surface area contributed by atoms with Crippen molar-refractivity contribution in [1.82, 2.24) is 24.9 Å². The number of amides is 1. The third-order valence-electron chi connectivity index (χ3n) is 7.01. The summed E-state index contributed by atoms with van der Waals surface area (Å²) in [6.45, 7) is 5.87. The number of hydrogen-bond donors (Lipinski definition) is 0. The number of carbonyl (C=O) groups excluding carboxylic acids is 1. The number of halogens is 1. The van der Waals surface area contributed by atoms with Gasteiger partial charge in [-0.25, -0.2) is 4.39 Å². The van der Waals surface area contributed by atoms with Crippen LogP contribution in [-0.4, -0.2) is 56.5 Å². The first-order chi connectivity index (χ1) is 17.0. The average Bonchev–Trinajstić information content (AvgIpc) is 3.50. The average molecular weight is 473 g/mol. The zero-order chi connectivity index (χ0) is 24.1. The molecule has 4 aromatic rings. The molecule has 1 amide bonds. The molecule has 4 heterocycles. The molecule has 2 atom stereocenters. The molecule has 2 aliphatic rings. The lowest BCUT2D eigenvalue weighted by Gasteiger charge is -2.52. The summed E-state index contributed by atoms with van der Waals surface area (Å²) in [5.74, 6) is 0.533. The second-order valence-electron chi connectivity index (χ2n) is 9.25. The lowest BCUT2D eigenvalue weighted by atomic mass is 9.82. The molecule has 0 saturated carbocycles. The Hall–Kier alpha value is -4.01. The molecule has 2 aromatic heterocycles. The van der Waals surface area contributed by atoms with E-state index in [-0.39, 0.29) is 17.8 Å². The van der Waals surface area contributed by atoms with E-state index in [0.717, 1.165) is 18.5 Å². The summed E-state index contributed by atoms with van der Waals surface area (Å²) in [5.41, 5.74) is 3.30. The van der Waals surface area contributed by atoms with E-state index < -0.39 is 0 Å². The van der Waals surface area contributed by atoms with Gasteiger partial charge in [0.15, 0.2) is 5.76 Å². The van der Waals surface area contributed by atoms with Crippen LogP contribution in [0, 0.1) is 25.6 Å². The van der Waals surface area contributed by atoms with Gasteiger partial charge in [0.1, 0.15) is 5.82 Å². The predicted octanol–water partition coefficient (Wildman–Crippen LogP) is 4.03. The Morgan fingerprint density at radius 1 is 1.09 bits per heavy atom. The Balaban J connectivity index is 1.25. The molecule has 9 heteroatoms. The molecule has 6 rings (SSSR count). The number of anilines is 1. The van der Waals surface area contributed by atoms with Gasteiger partial charge in [-0.05, 0) is 44.5 Å². The van der Waals surface area contributed by atoms with Crippen molar-refractivity contribution < 1.29 is 13.6 Å². The van der Waals surface area contributed by atoms with Crippen LogP contribution in [0.25, 0.3) is 17.0 Å². The number of benzene rings is 2. The summed E-state index contributed by atoms with van der Waals surface area (Å²) in [4.78, 5) is 23.7. The van der Waals surface area contributed by atoms with Gasteiger partial charge < -0.3 is 14.2 Å². The minimum Gasteiger partial charge on any atom is -0.423 e. The molecule has 0 N–H and O–H groups in total. The summed E-state index contributed by atoms with van der Waals surface area (Å²) in [5, 5.41) is 8.43. The highest BCUT2D eigenvalue weighted by molar-refractivity contribution is 5.98. The van der Waals surface area contributed by atoms with Gasteiger partial charge in [-0.1, -0.05) is 23.8 Å². The van der Waals surface area contributed by atoms with Crippen LogP contribution in [-0.2, 0) is 0 Å². The van der Waals surface area contributed by atoms with Crippen LogP contribution in [0.5, 0.6) is 0 Å². The van der Waals surface area contributed by atoms with Crippen LogP contribution in [0.3, 0.4) is 0 Å². The van der Waals surface area contributed by atoms with E-state index in [0.29, 0.717) is 53.3 Å². The molecule has 0 bridgehead atoms. The molecule has 2 saturated heterocycles. The predicted molar refractivity (Wildman–Crippen MR) is 128 cm³/mol. The van der Waals surface area contributed by atoms with Crippen LogP contribution in [0.4, 0.5) is 10.4 Å². The summed E-state index contributed by atoms with van der Waals surface area (Å²) in [7, 11) is 0. The normalized spacial score (nSPS) is 19.4. The van der Waals surface area contributed by atoms with Crippen LogP contribution >= 0.6 is 0 Å². The molecule has 2 aromatic carbocycles. The van der Waals surface area contributed by atoms with Gasteiger partial charge in [0.25, 0.3) is 11.9 Å². The highest BCUT2D eigenvalue weighted by Gasteiger charge is 2.46. The first kappa shape index (κ1) is 21.5. The molecule has 35 heavy (non-hydrogen) atoms. The molecule has 0 unspecified atom stereocenters. The smallest absolute Gasteiger partial charge is 0.298 e. The van der Waals surface area contributed by atoms with Crippen molar-refractivity contribution in [2.24, 2.45) is 5.92 Å². The number of aryl methyl sites for hydroxylation is 2. The maximum absolute atomic E-state index is 14.3. The number of carbonyl (C=O) groups is 1. The van der Waals surface area contributed by atoms with Gasteiger partial charge in [0.05, 0.1) is 40.9 Å². The molecule has 178 valence electrons. The van der Waals surface area contributed by atoms with Gasteiger partial charge in [0.2, 0.25) is 0 Å². The molecular formula is C26H25FN6O2. The van der Waals surface area contributed by atoms with Gasteiger partial charge in [-0.15, -0.1) is 0 Å². The summed E-state index contributed by atoms with van der Waals surface area (Å²) >= 11 is 0. The van der Waals surface area contributed by atoms with Crippen molar-refractivity contribution in [1.29, 1.82) is 0 Å². The van der Waals surface area contributed by atoms with E-state index in [1.807, 2.05) is 36.9 Å². The Labute approximate surface area is 202 Å². The number of aromatic nitrogens is 4. The van der Waals surface area contributed by atoms with Crippen molar-refractivity contribution >= 4 is 11.9 Å². The van der Waals surface area contributed by atoms with Crippen LogP contribution in [0.15, 0.2) is 59.3 Å². The lowest BCUT2D eigenvalue weighted by molar-refractivity contribution is 0.0582. The fourth-order valence-corrected chi connectivity index (χ4v) is 5.11. The van der Waals surface area contributed by atoms with E-state index in [1.165, 1.54) is 10.9 Å². The number of hydrogen-bond acceptors (Lipinski definition) is 6. The first-order valence-corrected chi connectivity index (χ1v) is 11.7. The topological polar surface area (TPSA) is 80.3 Å². The summed E-state index contributed by atoms with van der Waals surface area (Å²) < 4.78 is 20.4. The number of nitrogens with zero attached hydrogens (tertiary/aromatic N) is 6. The zero-order valence-electron chi connectivity index (χ0n) is 19.6. The molecule has 2 fully saturated rings. The molecule has 8 nitrogen and oxygen atoms in total. The molecular weight excluding hydrogens is 447 g/mol. The first-order valence-electron chi connectivity index (χ1n) is 11.7. The number of likely N-dealkylation sites (tertiary alicyclic amines) is 1. The van der Waals surface area contributed by atoms with E-state index in [4.69, 9.17) is 4.42 Å². The minimum atomic E-state index is -0.338. The highest BCUT2D eigenvalue weighted by atomic mass is 19.1. The van der Waals surface area contributed by atoms with E-state index in [2.05, 4.69) is 20.1 Å². The SMILES string of the molecule is Cc1ccc(-n2nccn2)c(C(=O)N2CC[C@@H]3CN(c4nc(C)c(-c5ccccc5F)o4)[C@@H]3C2)c1. The largest absolute Gasteiger partial charge is 0.423 e. The van der Waals surface area contributed by atoms with Gasteiger partial charge in [0, 0.05) is 25.6 Å². The van der Waals surface area contributed by atoms with Crippen LogP contribution in [0.1, 0.15) is 28.0 Å². The second-order valence-corrected chi connectivity index (χ2v) is 9.25. The number of fused-ring (bicyclic) bond motifs is 1. The second kappa shape index (κ2) is 8.33. The van der Waals surface area contributed by atoms with E-state index in [9.17, 15) is 9.18 Å². The Kier molecular flexibility index (Phi) is 5.12. The number of piperidine rings is 1. The Morgan fingerprint density at radius 3 is 2.69 bits per heavy atom. The summed E-state index contributed by atoms with van der Waals surface area (Å²) in [6, 6.07) is 12.9. The van der Waals surface area contributed by atoms with Crippen LogP contribution < -0.4 is 4.90 Å². The van der Waals surface area contributed by atoms with E-state index >= 15 is 0 Å². The highest BCUT2D eigenvalue weighted by Crippen LogP contribution is 2.39. The molecule has 0 spiro atoms. The van der Waals surface area contributed by atoms with Crippen LogP contribution in [0.2, 0.25) is 0 Å². The van der Waals surface area contributed by atoms with Crippen molar-refractivity contribution in [3.05, 3.63) is 77.5 Å². The fourth-order valence-electron chi connectivity index (χ4n) is 5.11. The quantitative estimate of drug-likeness (QED) is 0.446. The standard InChI is InChI=1S/C26H25FN6O2/c1-16-7-8-22(33-28-10-11-29-33)20(13-16)25(34)31-12-9-18-14-32(23(18)15-31)26-30-17(2)24(35-26)19-5-3-4-6-21(19)27/h3-8,10-11,13,18,23H,9,12,14-15H2,1-2H3/t18-,23-/m1/s1. The van der Waals surface area contributed by atoms with Gasteiger partial charge in [-0.2, -0.15) is 20.0 Å². The number of oxazole rings is 1. The van der Waals surface area contributed by atoms with Gasteiger partial charge >= 0.3 is 0 Å². The number of rotatable bonds is 4. The van der Waals surface area contributed by atoms with Crippen molar-refractivity contribution in [2.75, 3.05) is 24.5 Å². The van der Waals surface area contributed by atoms with Crippen molar-refractivity contribution in [3.63, 3.8) is 0 Å². The maximum atomic E-state index is 14.3. The Morgan fingerprint density at radius 2 is 1.89 bits per heavy atom. The molecule has 0 radical (unpaired) electrons. The maximum Gasteiger partial charge on any atom is 0.298 e. The lowest BCUT2D eigenvalue weighted by Crippen LogP contribution is -2.65. The third kappa shape index (κ3) is 3.67. The van der Waals surface area contributed by atoms with Gasteiger partial charge in [-0.3, -0.25) is 4.79 Å². The third-order valence-corrected chi connectivity index (χ3v) is 7.01. The monoisotopic (exact) mass is 472 g/mol. The van der Waals surface area contributed by atoms with Crippen molar-refractivity contribution in [2.45, 2.75) is 26.3 Å². The zero-order valence-corrected chi connectivity index (χ0v) is 19.6. The summed E-state index contributed by atoms with van der Waals surface area (Å²) in [6.07, 6.45) is 4.10. The Bertz CT molecular complexity index is 1400.